The van der Waals surface area contributed by atoms with E-state index in [-0.39, 0.29) is 0 Å². The predicted octanol–water partition coefficient (Wildman–Crippen LogP) is 18.1. The summed E-state index contributed by atoms with van der Waals surface area (Å²) >= 11 is 0. The zero-order chi connectivity index (χ0) is 45.4. The van der Waals surface area contributed by atoms with Crippen LogP contribution in [0.1, 0.15) is 0 Å². The summed E-state index contributed by atoms with van der Waals surface area (Å²) in [7, 11) is 0. The highest BCUT2D eigenvalue weighted by molar-refractivity contribution is 6.17. The molecule has 0 saturated heterocycles. The average Bonchev–Trinajstić information content (AvgIpc) is 4.08. The quantitative estimate of drug-likeness (QED) is 0.156. The van der Waals surface area contributed by atoms with Gasteiger partial charge in [-0.1, -0.05) is 176 Å². The third-order valence-electron chi connectivity index (χ3n) is 14.1. The van der Waals surface area contributed by atoms with E-state index in [4.69, 9.17) is 4.42 Å². The van der Waals surface area contributed by atoms with E-state index in [2.05, 4.69) is 252 Å². The first-order valence-corrected chi connectivity index (χ1v) is 23.7. The summed E-state index contributed by atoms with van der Waals surface area (Å²) in [5.41, 5.74) is 20.6. The molecule has 0 radical (unpaired) electrons. The van der Waals surface area contributed by atoms with Crippen molar-refractivity contribution in [3.05, 3.63) is 255 Å². The molecule has 14 aromatic rings. The number of benzene rings is 11. The lowest BCUT2D eigenvalue weighted by atomic mass is 9.96. The SMILES string of the molecule is c1ccc(-c2ccc(-n3c4ccc(-c5ccc6c(c5)c5ccccc5n6-c5ccc(-c6ccc7oc8ccccc8c7c6)cc5-c5ccccc5)cc4c4c(-c5ccccc5)cccc43)cc2)cc1. The molecule has 0 aliphatic rings. The molecule has 0 aliphatic carbocycles. The summed E-state index contributed by atoms with van der Waals surface area (Å²) in [5, 5.41) is 7.17. The van der Waals surface area contributed by atoms with Crippen LogP contribution in [0.3, 0.4) is 0 Å². The van der Waals surface area contributed by atoms with E-state index >= 15 is 0 Å². The van der Waals surface area contributed by atoms with Crippen LogP contribution in [0.25, 0.3) is 133 Å². The van der Waals surface area contributed by atoms with Gasteiger partial charge in [-0.15, -0.1) is 0 Å². The molecule has 0 atom stereocenters. The van der Waals surface area contributed by atoms with Gasteiger partial charge in [0.15, 0.2) is 0 Å². The van der Waals surface area contributed by atoms with Gasteiger partial charge in [0.25, 0.3) is 0 Å². The summed E-state index contributed by atoms with van der Waals surface area (Å²) in [6.45, 7) is 0. The van der Waals surface area contributed by atoms with Crippen molar-refractivity contribution in [2.45, 2.75) is 0 Å². The molecule has 0 fully saturated rings. The maximum absolute atomic E-state index is 6.21. The largest absolute Gasteiger partial charge is 0.456 e. The molecule has 69 heavy (non-hydrogen) atoms. The summed E-state index contributed by atoms with van der Waals surface area (Å²) in [4.78, 5) is 0. The number of hydrogen-bond acceptors (Lipinski definition) is 1. The minimum atomic E-state index is 0.901. The Balaban J connectivity index is 0.931. The van der Waals surface area contributed by atoms with Crippen LogP contribution < -0.4 is 0 Å². The minimum Gasteiger partial charge on any atom is -0.456 e. The second-order valence-electron chi connectivity index (χ2n) is 18.0. The van der Waals surface area contributed by atoms with Crippen LogP contribution in [-0.2, 0) is 0 Å². The number of fused-ring (bicyclic) bond motifs is 9. The first kappa shape index (κ1) is 39.0. The molecule has 3 nitrogen and oxygen atoms in total. The summed E-state index contributed by atoms with van der Waals surface area (Å²) in [6.07, 6.45) is 0. The molecule has 0 unspecified atom stereocenters. The standard InChI is InChI=1S/C66H42N2O/c1-4-15-43(16-5-1)44-27-33-51(34-28-44)67-62-37-31-49(42-58(62)66-52(23-14-25-63(66)67)45-17-6-2-7-18-45)48-30-36-61-56(40-48)53-21-10-12-24-59(53)68(61)60-35-29-47(39-55(60)46-19-8-3-9-20-46)50-32-38-65-57(41-50)54-22-11-13-26-64(54)69-65/h1-42H. The van der Waals surface area contributed by atoms with Crippen molar-refractivity contribution >= 4 is 65.6 Å². The van der Waals surface area contributed by atoms with Gasteiger partial charge >= 0.3 is 0 Å². The Hall–Kier alpha value is -9.18. The van der Waals surface area contributed by atoms with Gasteiger partial charge in [-0.3, -0.25) is 0 Å². The molecule has 0 amide bonds. The lowest BCUT2D eigenvalue weighted by Gasteiger charge is -2.16. The van der Waals surface area contributed by atoms with Crippen molar-refractivity contribution in [2.75, 3.05) is 0 Å². The highest BCUT2D eigenvalue weighted by Crippen LogP contribution is 2.43. The molecule has 0 saturated carbocycles. The third kappa shape index (κ3) is 6.36. The highest BCUT2D eigenvalue weighted by atomic mass is 16.3. The molecule has 322 valence electrons. The maximum Gasteiger partial charge on any atom is 0.135 e. The molecule has 11 aromatic carbocycles. The Morgan fingerprint density at radius 1 is 0.246 bits per heavy atom. The highest BCUT2D eigenvalue weighted by Gasteiger charge is 2.20. The van der Waals surface area contributed by atoms with E-state index in [0.717, 1.165) is 44.4 Å². The zero-order valence-corrected chi connectivity index (χ0v) is 37.6. The fourth-order valence-electron chi connectivity index (χ4n) is 10.9. The van der Waals surface area contributed by atoms with Crippen LogP contribution in [0.15, 0.2) is 259 Å². The van der Waals surface area contributed by atoms with E-state index in [1.165, 1.54) is 88.1 Å². The normalized spacial score (nSPS) is 11.8. The van der Waals surface area contributed by atoms with Crippen molar-refractivity contribution in [1.29, 1.82) is 0 Å². The second-order valence-corrected chi connectivity index (χ2v) is 18.0. The van der Waals surface area contributed by atoms with Crippen molar-refractivity contribution in [1.82, 2.24) is 9.13 Å². The van der Waals surface area contributed by atoms with Gasteiger partial charge < -0.3 is 13.6 Å². The predicted molar refractivity (Wildman–Crippen MR) is 290 cm³/mol. The van der Waals surface area contributed by atoms with E-state index in [0.29, 0.717) is 0 Å². The Kier molecular flexibility index (Phi) is 8.90. The van der Waals surface area contributed by atoms with Gasteiger partial charge in [0.1, 0.15) is 11.2 Å². The van der Waals surface area contributed by atoms with E-state index in [1.54, 1.807) is 0 Å². The molecule has 3 aromatic heterocycles. The molecule has 14 rings (SSSR count). The van der Waals surface area contributed by atoms with Crippen molar-refractivity contribution < 1.29 is 4.42 Å². The third-order valence-corrected chi connectivity index (χ3v) is 14.1. The lowest BCUT2D eigenvalue weighted by molar-refractivity contribution is 0.669. The van der Waals surface area contributed by atoms with Gasteiger partial charge in [-0.05, 0) is 129 Å². The number of hydrogen-bond donors (Lipinski definition) is 0. The topological polar surface area (TPSA) is 23.0 Å². The fraction of sp³-hybridized carbons (Fsp3) is 0. The smallest absolute Gasteiger partial charge is 0.135 e. The van der Waals surface area contributed by atoms with Gasteiger partial charge in [0.05, 0.1) is 27.8 Å². The maximum atomic E-state index is 6.21. The molecule has 0 aliphatic heterocycles. The molecular weight excluding hydrogens is 837 g/mol. The molecule has 0 spiro atoms. The molecule has 3 heterocycles. The first-order valence-electron chi connectivity index (χ1n) is 23.7. The number of rotatable bonds is 7. The van der Waals surface area contributed by atoms with Crippen molar-refractivity contribution in [2.24, 2.45) is 0 Å². The zero-order valence-electron chi connectivity index (χ0n) is 37.6. The Bertz CT molecular complexity index is 4270. The summed E-state index contributed by atoms with van der Waals surface area (Å²) in [5.74, 6) is 0. The van der Waals surface area contributed by atoms with Gasteiger partial charge in [0.2, 0.25) is 0 Å². The Labute approximate surface area is 399 Å². The molecular formula is C66H42N2O. The minimum absolute atomic E-state index is 0.901. The van der Waals surface area contributed by atoms with Crippen molar-refractivity contribution in [3.63, 3.8) is 0 Å². The van der Waals surface area contributed by atoms with Crippen molar-refractivity contribution in [3.8, 4) is 67.0 Å². The van der Waals surface area contributed by atoms with Crippen LogP contribution >= 0.6 is 0 Å². The fourth-order valence-corrected chi connectivity index (χ4v) is 10.9. The van der Waals surface area contributed by atoms with Gasteiger partial charge in [-0.2, -0.15) is 0 Å². The lowest BCUT2D eigenvalue weighted by Crippen LogP contribution is -1.98. The number of nitrogens with zero attached hydrogens (tertiary/aromatic N) is 2. The summed E-state index contributed by atoms with van der Waals surface area (Å²) < 4.78 is 11.1. The van der Waals surface area contributed by atoms with E-state index in [1.807, 2.05) is 12.1 Å². The van der Waals surface area contributed by atoms with Crippen LogP contribution in [0, 0.1) is 0 Å². The number of furan rings is 1. The number of para-hydroxylation sites is 2. The number of aromatic nitrogens is 2. The second kappa shape index (κ2) is 15.7. The Morgan fingerprint density at radius 2 is 0.739 bits per heavy atom. The molecule has 3 heteroatoms. The van der Waals surface area contributed by atoms with Crippen LogP contribution in [0.2, 0.25) is 0 Å². The monoisotopic (exact) mass is 878 g/mol. The van der Waals surface area contributed by atoms with Crippen LogP contribution in [-0.4, -0.2) is 9.13 Å². The average molecular weight is 879 g/mol. The Morgan fingerprint density at radius 3 is 1.48 bits per heavy atom. The van der Waals surface area contributed by atoms with Crippen LogP contribution in [0.5, 0.6) is 0 Å². The van der Waals surface area contributed by atoms with Crippen LogP contribution in [0.4, 0.5) is 0 Å². The van der Waals surface area contributed by atoms with E-state index < -0.39 is 0 Å². The van der Waals surface area contributed by atoms with Gasteiger partial charge in [-0.25, -0.2) is 0 Å². The van der Waals surface area contributed by atoms with E-state index in [9.17, 15) is 0 Å². The summed E-state index contributed by atoms with van der Waals surface area (Å²) in [6, 6.07) is 92.6. The first-order chi connectivity index (χ1) is 34.2. The molecule has 0 N–H and O–H groups in total. The van der Waals surface area contributed by atoms with Gasteiger partial charge in [0, 0.05) is 43.6 Å². The molecule has 0 bridgehead atoms.